The average molecular weight is 549 g/mol. The third kappa shape index (κ3) is 9.67. The zero-order valence-electron chi connectivity index (χ0n) is 21.4. The third-order valence-electron chi connectivity index (χ3n) is 6.11. The van der Waals surface area contributed by atoms with Crippen LogP contribution in [0.15, 0.2) is 30.5 Å². The van der Waals surface area contributed by atoms with Gasteiger partial charge in [-0.25, -0.2) is 4.79 Å². The standard InChI is InChI=1S/C25H36N6O8/c26-10-4-3-7-19(25(38)39)30-24(37)20(13-32)31-23(36)18(8-9-21(33)34)29-22(35)16(27)11-14-12-28-17-6-2-1-5-15(14)17/h1-2,5-6,12,16,18-20,28,32H,3-4,7-11,13,26-27H2,(H,29,35)(H,30,37)(H,31,36)(H,33,34)(H,38,39). The van der Waals surface area contributed by atoms with Crippen molar-refractivity contribution in [3.05, 3.63) is 36.0 Å². The molecule has 1 aromatic heterocycles. The maximum atomic E-state index is 12.9. The first-order valence-electron chi connectivity index (χ1n) is 12.5. The molecule has 1 aromatic carbocycles. The summed E-state index contributed by atoms with van der Waals surface area (Å²) < 4.78 is 0. The lowest BCUT2D eigenvalue weighted by Gasteiger charge is -2.24. The number of amides is 3. The molecule has 0 bridgehead atoms. The topological polar surface area (TPSA) is 250 Å². The number of benzene rings is 1. The van der Waals surface area contributed by atoms with Gasteiger partial charge in [-0.2, -0.15) is 0 Å². The molecule has 0 saturated carbocycles. The summed E-state index contributed by atoms with van der Waals surface area (Å²) in [7, 11) is 0. The first-order chi connectivity index (χ1) is 18.6. The first kappa shape index (κ1) is 31.2. The predicted molar refractivity (Wildman–Crippen MR) is 140 cm³/mol. The van der Waals surface area contributed by atoms with Gasteiger partial charge in [-0.1, -0.05) is 18.2 Å². The van der Waals surface area contributed by atoms with Crippen LogP contribution < -0.4 is 27.4 Å². The van der Waals surface area contributed by atoms with E-state index in [0.29, 0.717) is 19.4 Å². The highest BCUT2D eigenvalue weighted by Gasteiger charge is 2.30. The van der Waals surface area contributed by atoms with Crippen LogP contribution >= 0.6 is 0 Å². The number of fused-ring (bicyclic) bond motifs is 1. The average Bonchev–Trinajstić information content (AvgIpc) is 3.31. The zero-order valence-corrected chi connectivity index (χ0v) is 21.4. The van der Waals surface area contributed by atoms with Gasteiger partial charge < -0.3 is 47.7 Å². The summed E-state index contributed by atoms with van der Waals surface area (Å²) in [6.45, 7) is -0.517. The molecule has 0 spiro atoms. The molecule has 2 rings (SSSR count). The second-order valence-corrected chi connectivity index (χ2v) is 9.09. The van der Waals surface area contributed by atoms with Gasteiger partial charge in [-0.15, -0.1) is 0 Å². The zero-order chi connectivity index (χ0) is 28.9. The van der Waals surface area contributed by atoms with Crippen molar-refractivity contribution in [3.63, 3.8) is 0 Å². The van der Waals surface area contributed by atoms with Crippen molar-refractivity contribution in [2.24, 2.45) is 11.5 Å². The number of aliphatic hydroxyl groups excluding tert-OH is 1. The van der Waals surface area contributed by atoms with Crippen LogP contribution in [0.5, 0.6) is 0 Å². The summed E-state index contributed by atoms with van der Waals surface area (Å²) in [4.78, 5) is 64.0. The first-order valence-corrected chi connectivity index (χ1v) is 12.5. The van der Waals surface area contributed by atoms with E-state index in [0.717, 1.165) is 16.5 Å². The van der Waals surface area contributed by atoms with E-state index < -0.39 is 66.9 Å². The quantitative estimate of drug-likeness (QED) is 0.104. The number of hydrogen-bond acceptors (Lipinski definition) is 8. The van der Waals surface area contributed by atoms with Crippen molar-refractivity contribution in [3.8, 4) is 0 Å². The summed E-state index contributed by atoms with van der Waals surface area (Å²) >= 11 is 0. The number of nitrogens with two attached hydrogens (primary N) is 2. The Bertz CT molecular complexity index is 1150. The van der Waals surface area contributed by atoms with Crippen LogP contribution in [0, 0.1) is 0 Å². The molecule has 0 aliphatic rings. The molecule has 0 fully saturated rings. The van der Waals surface area contributed by atoms with E-state index in [1.165, 1.54) is 0 Å². The van der Waals surface area contributed by atoms with Gasteiger partial charge in [0.15, 0.2) is 0 Å². The Labute approximate surface area is 224 Å². The third-order valence-corrected chi connectivity index (χ3v) is 6.11. The van der Waals surface area contributed by atoms with Crippen molar-refractivity contribution in [1.29, 1.82) is 0 Å². The molecular weight excluding hydrogens is 512 g/mol. The molecule has 0 radical (unpaired) electrons. The number of H-pyrrole nitrogens is 1. The monoisotopic (exact) mass is 548 g/mol. The van der Waals surface area contributed by atoms with Crippen LogP contribution in [0.25, 0.3) is 10.9 Å². The number of aliphatic carboxylic acids is 2. The largest absolute Gasteiger partial charge is 0.481 e. The number of hydrogen-bond donors (Lipinski definition) is 9. The van der Waals surface area contributed by atoms with E-state index in [4.69, 9.17) is 16.6 Å². The Morgan fingerprint density at radius 3 is 2.15 bits per heavy atom. The van der Waals surface area contributed by atoms with Gasteiger partial charge in [0.2, 0.25) is 17.7 Å². The van der Waals surface area contributed by atoms with E-state index in [9.17, 15) is 34.2 Å². The summed E-state index contributed by atoms with van der Waals surface area (Å²) in [5.74, 6) is -5.12. The van der Waals surface area contributed by atoms with Crippen molar-refractivity contribution in [2.45, 2.75) is 62.7 Å². The van der Waals surface area contributed by atoms with Gasteiger partial charge >= 0.3 is 11.9 Å². The number of unbranched alkanes of at least 4 members (excludes halogenated alkanes) is 1. The van der Waals surface area contributed by atoms with Gasteiger partial charge in [0.05, 0.1) is 12.6 Å². The summed E-state index contributed by atoms with van der Waals surface area (Å²) in [5.41, 5.74) is 13.1. The van der Waals surface area contributed by atoms with Crippen LogP contribution in [-0.2, 0) is 30.4 Å². The smallest absolute Gasteiger partial charge is 0.326 e. The van der Waals surface area contributed by atoms with Crippen LogP contribution in [0.4, 0.5) is 0 Å². The minimum Gasteiger partial charge on any atom is -0.481 e. The Morgan fingerprint density at radius 2 is 1.51 bits per heavy atom. The highest BCUT2D eigenvalue weighted by Crippen LogP contribution is 2.18. The molecule has 1 heterocycles. The number of nitrogens with one attached hydrogen (secondary N) is 4. The van der Waals surface area contributed by atoms with Crippen LogP contribution in [-0.4, -0.2) is 87.3 Å². The molecule has 0 aliphatic carbocycles. The summed E-state index contributed by atoms with van der Waals surface area (Å²) in [6, 6.07) is 2.15. The highest BCUT2D eigenvalue weighted by atomic mass is 16.4. The van der Waals surface area contributed by atoms with Gasteiger partial charge in [-0.05, 0) is 50.3 Å². The fourth-order valence-corrected chi connectivity index (χ4v) is 3.93. The molecule has 14 heteroatoms. The molecule has 2 aromatic rings. The number of aromatic nitrogens is 1. The van der Waals surface area contributed by atoms with Crippen molar-refractivity contribution >= 4 is 40.6 Å². The molecule has 4 unspecified atom stereocenters. The second-order valence-electron chi connectivity index (χ2n) is 9.09. The molecule has 11 N–H and O–H groups in total. The number of carbonyl (C=O) groups excluding carboxylic acids is 3. The van der Waals surface area contributed by atoms with E-state index in [-0.39, 0.29) is 19.3 Å². The van der Waals surface area contributed by atoms with Crippen molar-refractivity contribution in [1.82, 2.24) is 20.9 Å². The van der Waals surface area contributed by atoms with Crippen LogP contribution in [0.1, 0.15) is 37.7 Å². The minimum atomic E-state index is -1.54. The maximum absolute atomic E-state index is 12.9. The van der Waals surface area contributed by atoms with Crippen molar-refractivity contribution < 1.29 is 39.3 Å². The molecule has 4 atom stereocenters. The molecule has 0 saturated heterocycles. The number of aliphatic hydroxyl groups is 1. The number of rotatable bonds is 17. The lowest BCUT2D eigenvalue weighted by molar-refractivity contribution is -0.142. The molecule has 14 nitrogen and oxygen atoms in total. The van der Waals surface area contributed by atoms with E-state index in [1.807, 2.05) is 24.3 Å². The van der Waals surface area contributed by atoms with E-state index in [2.05, 4.69) is 20.9 Å². The number of para-hydroxylation sites is 1. The number of carbonyl (C=O) groups is 5. The van der Waals surface area contributed by atoms with Crippen LogP contribution in [0.2, 0.25) is 0 Å². The molecule has 214 valence electrons. The lowest BCUT2D eigenvalue weighted by atomic mass is 10.0. The molecule has 39 heavy (non-hydrogen) atoms. The number of carboxylic acids is 2. The predicted octanol–water partition coefficient (Wildman–Crippen LogP) is -1.44. The molecule has 3 amide bonds. The Kier molecular flexibility index (Phi) is 12.3. The summed E-state index contributed by atoms with van der Waals surface area (Å²) in [5, 5.41) is 35.9. The Hall–Kier alpha value is -4.01. The van der Waals surface area contributed by atoms with Gasteiger partial charge in [0.1, 0.15) is 18.1 Å². The molecule has 0 aliphatic heterocycles. The number of carboxylic acid groups (broad SMARTS) is 2. The fraction of sp³-hybridized carbons (Fsp3) is 0.480. The lowest BCUT2D eigenvalue weighted by Crippen LogP contribution is -2.58. The number of aromatic amines is 1. The van der Waals surface area contributed by atoms with E-state index >= 15 is 0 Å². The second kappa shape index (κ2) is 15.4. The Balaban J connectivity index is 2.06. The van der Waals surface area contributed by atoms with Crippen LogP contribution in [0.3, 0.4) is 0 Å². The van der Waals surface area contributed by atoms with E-state index in [1.54, 1.807) is 6.20 Å². The fourth-order valence-electron chi connectivity index (χ4n) is 3.93. The highest BCUT2D eigenvalue weighted by molar-refractivity contribution is 5.94. The minimum absolute atomic E-state index is 0.0932. The SMILES string of the molecule is NCCCCC(NC(=O)C(CO)NC(=O)C(CCC(=O)O)NC(=O)C(N)Cc1c[nH]c2ccccc12)C(=O)O. The Morgan fingerprint density at radius 1 is 0.872 bits per heavy atom. The summed E-state index contributed by atoms with van der Waals surface area (Å²) in [6.07, 6.45) is 2.13. The maximum Gasteiger partial charge on any atom is 0.326 e. The molecular formula is C25H36N6O8. The van der Waals surface area contributed by atoms with Gasteiger partial charge in [-0.3, -0.25) is 19.2 Å². The normalized spacial score (nSPS) is 14.1. The van der Waals surface area contributed by atoms with Gasteiger partial charge in [0.25, 0.3) is 0 Å². The van der Waals surface area contributed by atoms with Crippen molar-refractivity contribution in [2.75, 3.05) is 13.2 Å². The van der Waals surface area contributed by atoms with Gasteiger partial charge in [0, 0.05) is 23.5 Å².